The Bertz CT molecular complexity index is 128. The molecule has 1 fully saturated rings. The number of nitrogens with one attached hydrogen (secondary N) is 2. The molecular weight excluding hydrogens is 174 g/mol. The van der Waals surface area contributed by atoms with E-state index in [1.54, 1.807) is 0 Å². The van der Waals surface area contributed by atoms with Gasteiger partial charge >= 0.3 is 0 Å². The summed E-state index contributed by atoms with van der Waals surface area (Å²) >= 11 is 0. The van der Waals surface area contributed by atoms with E-state index in [4.69, 9.17) is 0 Å². The van der Waals surface area contributed by atoms with E-state index >= 15 is 0 Å². The molecule has 1 heterocycles. The molecule has 3 nitrogen and oxygen atoms in total. The Balaban J connectivity index is 1.99. The monoisotopic (exact) mass is 199 g/mol. The van der Waals surface area contributed by atoms with Crippen molar-refractivity contribution in [3.8, 4) is 0 Å². The van der Waals surface area contributed by atoms with Crippen LogP contribution in [0.15, 0.2) is 0 Å². The fraction of sp³-hybridized carbons (Fsp3) is 1.00. The van der Waals surface area contributed by atoms with Gasteiger partial charge in [-0.2, -0.15) is 0 Å². The lowest BCUT2D eigenvalue weighted by molar-refractivity contribution is 0.289. The standard InChI is InChI=1S/C11H25N3/c1-11(2)10-13-6-9-14-7-3-4-12-5-8-14/h11-13H,3-10H2,1-2H3. The van der Waals surface area contributed by atoms with Crippen LogP contribution in [0.5, 0.6) is 0 Å². The number of hydrogen-bond acceptors (Lipinski definition) is 3. The van der Waals surface area contributed by atoms with Crippen LogP contribution in [0.4, 0.5) is 0 Å². The summed E-state index contributed by atoms with van der Waals surface area (Å²) in [6.07, 6.45) is 1.30. The highest BCUT2D eigenvalue weighted by Crippen LogP contribution is 1.94. The minimum Gasteiger partial charge on any atom is -0.315 e. The first-order chi connectivity index (χ1) is 6.79. The molecule has 0 saturated carbocycles. The molecule has 2 N–H and O–H groups in total. The van der Waals surface area contributed by atoms with Crippen LogP contribution in [0.1, 0.15) is 20.3 Å². The lowest BCUT2D eigenvalue weighted by Gasteiger charge is -2.19. The molecule has 0 bridgehead atoms. The maximum atomic E-state index is 3.49. The summed E-state index contributed by atoms with van der Waals surface area (Å²) in [5.41, 5.74) is 0. The topological polar surface area (TPSA) is 27.3 Å². The molecule has 0 spiro atoms. The van der Waals surface area contributed by atoms with Crippen molar-refractivity contribution in [1.29, 1.82) is 0 Å². The number of hydrogen-bond donors (Lipinski definition) is 2. The predicted octanol–water partition coefficient (Wildman–Crippen LogP) is 0.527. The first-order valence-corrected chi connectivity index (χ1v) is 5.93. The molecule has 84 valence electrons. The first-order valence-electron chi connectivity index (χ1n) is 5.93. The van der Waals surface area contributed by atoms with E-state index in [-0.39, 0.29) is 0 Å². The Morgan fingerprint density at radius 1 is 1.29 bits per heavy atom. The minimum atomic E-state index is 0.765. The van der Waals surface area contributed by atoms with Gasteiger partial charge in [-0.05, 0) is 32.0 Å². The molecule has 14 heavy (non-hydrogen) atoms. The zero-order valence-corrected chi connectivity index (χ0v) is 9.68. The zero-order valence-electron chi connectivity index (χ0n) is 9.68. The molecule has 3 heteroatoms. The van der Waals surface area contributed by atoms with E-state index in [1.165, 1.54) is 32.6 Å². The Morgan fingerprint density at radius 3 is 2.93 bits per heavy atom. The van der Waals surface area contributed by atoms with Crippen molar-refractivity contribution in [1.82, 2.24) is 15.5 Å². The highest BCUT2D eigenvalue weighted by molar-refractivity contribution is 4.66. The maximum absolute atomic E-state index is 3.49. The molecule has 1 rings (SSSR count). The van der Waals surface area contributed by atoms with Crippen LogP contribution in [0, 0.1) is 5.92 Å². The summed E-state index contributed by atoms with van der Waals surface area (Å²) in [7, 11) is 0. The van der Waals surface area contributed by atoms with E-state index in [2.05, 4.69) is 29.4 Å². The van der Waals surface area contributed by atoms with Crippen molar-refractivity contribution in [2.45, 2.75) is 20.3 Å². The average Bonchev–Trinajstić information content (AvgIpc) is 2.40. The van der Waals surface area contributed by atoms with E-state index in [9.17, 15) is 0 Å². The van der Waals surface area contributed by atoms with Gasteiger partial charge in [0, 0.05) is 26.2 Å². The zero-order chi connectivity index (χ0) is 10.2. The Kier molecular flexibility index (Phi) is 6.15. The summed E-state index contributed by atoms with van der Waals surface area (Å²) in [6.45, 7) is 12.8. The molecule has 0 aromatic heterocycles. The van der Waals surface area contributed by atoms with Crippen LogP contribution in [0.25, 0.3) is 0 Å². The third-order valence-corrected chi connectivity index (χ3v) is 2.59. The summed E-state index contributed by atoms with van der Waals surface area (Å²) in [4.78, 5) is 2.55. The Morgan fingerprint density at radius 2 is 2.14 bits per heavy atom. The van der Waals surface area contributed by atoms with Crippen LogP contribution in [-0.2, 0) is 0 Å². The van der Waals surface area contributed by atoms with Gasteiger partial charge in [-0.3, -0.25) is 0 Å². The van der Waals surface area contributed by atoms with Crippen LogP contribution in [-0.4, -0.2) is 50.7 Å². The summed E-state index contributed by atoms with van der Waals surface area (Å²) in [5.74, 6) is 0.765. The van der Waals surface area contributed by atoms with Crippen LogP contribution >= 0.6 is 0 Å². The molecule has 0 aliphatic carbocycles. The van der Waals surface area contributed by atoms with E-state index in [0.29, 0.717) is 0 Å². The molecular formula is C11H25N3. The molecule has 0 atom stereocenters. The van der Waals surface area contributed by atoms with Crippen molar-refractivity contribution >= 4 is 0 Å². The van der Waals surface area contributed by atoms with Gasteiger partial charge in [0.05, 0.1) is 0 Å². The molecule has 0 unspecified atom stereocenters. The van der Waals surface area contributed by atoms with Gasteiger partial charge < -0.3 is 15.5 Å². The van der Waals surface area contributed by atoms with Gasteiger partial charge in [0.1, 0.15) is 0 Å². The van der Waals surface area contributed by atoms with Gasteiger partial charge in [-0.25, -0.2) is 0 Å². The van der Waals surface area contributed by atoms with Crippen molar-refractivity contribution in [2.75, 3.05) is 45.8 Å². The minimum absolute atomic E-state index is 0.765. The average molecular weight is 199 g/mol. The molecule has 0 amide bonds. The van der Waals surface area contributed by atoms with Gasteiger partial charge in [-0.1, -0.05) is 13.8 Å². The molecule has 1 saturated heterocycles. The second kappa shape index (κ2) is 7.21. The van der Waals surface area contributed by atoms with Crippen molar-refractivity contribution < 1.29 is 0 Å². The quantitative estimate of drug-likeness (QED) is 0.632. The van der Waals surface area contributed by atoms with E-state index in [1.807, 2.05) is 0 Å². The molecule has 0 aromatic carbocycles. The third-order valence-electron chi connectivity index (χ3n) is 2.59. The molecule has 0 radical (unpaired) electrons. The van der Waals surface area contributed by atoms with Crippen molar-refractivity contribution in [3.05, 3.63) is 0 Å². The number of rotatable bonds is 5. The number of nitrogens with zero attached hydrogens (tertiary/aromatic N) is 1. The third kappa shape index (κ3) is 5.58. The second-order valence-corrected chi connectivity index (χ2v) is 4.54. The van der Waals surface area contributed by atoms with Crippen LogP contribution in [0.3, 0.4) is 0 Å². The Hall–Kier alpha value is -0.120. The van der Waals surface area contributed by atoms with Crippen molar-refractivity contribution in [3.63, 3.8) is 0 Å². The summed E-state index contributed by atoms with van der Waals surface area (Å²) in [6, 6.07) is 0. The highest BCUT2D eigenvalue weighted by Gasteiger charge is 2.07. The smallest absolute Gasteiger partial charge is 0.0107 e. The second-order valence-electron chi connectivity index (χ2n) is 4.54. The predicted molar refractivity (Wildman–Crippen MR) is 61.6 cm³/mol. The normalized spacial score (nSPS) is 19.9. The largest absolute Gasteiger partial charge is 0.315 e. The van der Waals surface area contributed by atoms with Gasteiger partial charge in [0.2, 0.25) is 0 Å². The maximum Gasteiger partial charge on any atom is 0.0107 e. The SMILES string of the molecule is CC(C)CNCCN1CCCNCC1. The lowest BCUT2D eigenvalue weighted by atomic mass is 10.2. The van der Waals surface area contributed by atoms with Crippen molar-refractivity contribution in [2.24, 2.45) is 5.92 Å². The fourth-order valence-electron chi connectivity index (χ4n) is 1.75. The Labute approximate surface area is 88.2 Å². The van der Waals surface area contributed by atoms with E-state index < -0.39 is 0 Å². The molecule has 1 aliphatic heterocycles. The highest BCUT2D eigenvalue weighted by atomic mass is 15.2. The summed E-state index contributed by atoms with van der Waals surface area (Å²) in [5, 5.41) is 6.91. The van der Waals surface area contributed by atoms with Gasteiger partial charge in [0.15, 0.2) is 0 Å². The van der Waals surface area contributed by atoms with Gasteiger partial charge in [-0.15, -0.1) is 0 Å². The first kappa shape index (κ1) is 12.0. The molecule has 1 aliphatic rings. The lowest BCUT2D eigenvalue weighted by Crippen LogP contribution is -2.35. The van der Waals surface area contributed by atoms with Crippen LogP contribution in [0.2, 0.25) is 0 Å². The van der Waals surface area contributed by atoms with E-state index in [0.717, 1.165) is 25.6 Å². The van der Waals surface area contributed by atoms with Crippen LogP contribution < -0.4 is 10.6 Å². The van der Waals surface area contributed by atoms with Gasteiger partial charge in [0.25, 0.3) is 0 Å². The fourth-order valence-corrected chi connectivity index (χ4v) is 1.75. The summed E-state index contributed by atoms with van der Waals surface area (Å²) < 4.78 is 0. The molecule has 0 aromatic rings.